The monoisotopic (exact) mass is 392 g/mol. The molecule has 29 heavy (non-hydrogen) atoms. The highest BCUT2D eigenvalue weighted by atomic mass is 16.3. The van der Waals surface area contributed by atoms with Gasteiger partial charge in [-0.25, -0.2) is 0 Å². The number of phenols is 4. The van der Waals surface area contributed by atoms with Crippen molar-refractivity contribution in [3.8, 4) is 23.0 Å². The van der Waals surface area contributed by atoms with Gasteiger partial charge < -0.3 is 20.4 Å². The van der Waals surface area contributed by atoms with Crippen molar-refractivity contribution in [2.24, 2.45) is 0 Å². The summed E-state index contributed by atoms with van der Waals surface area (Å²) in [6.45, 7) is 9.27. The highest BCUT2D eigenvalue weighted by Crippen LogP contribution is 2.37. The average molecular weight is 392 g/mol. The minimum Gasteiger partial charge on any atom is -0.508 e. The number of phenolic OH excluding ortho intramolecular Hbond substituents is 4. The van der Waals surface area contributed by atoms with E-state index >= 15 is 0 Å². The first kappa shape index (κ1) is 20.6. The van der Waals surface area contributed by atoms with Gasteiger partial charge in [0.05, 0.1) is 0 Å². The quantitative estimate of drug-likeness (QED) is 0.490. The van der Waals surface area contributed by atoms with Crippen LogP contribution in [0.15, 0.2) is 30.3 Å². The average Bonchev–Trinajstić information content (AvgIpc) is 2.65. The van der Waals surface area contributed by atoms with Crippen molar-refractivity contribution in [2.75, 3.05) is 0 Å². The third-order valence-electron chi connectivity index (χ3n) is 5.74. The molecule has 0 aliphatic rings. The normalized spacial score (nSPS) is 11.1. The molecule has 0 aromatic heterocycles. The van der Waals surface area contributed by atoms with Crippen LogP contribution in [-0.4, -0.2) is 20.4 Å². The first-order chi connectivity index (χ1) is 13.6. The van der Waals surface area contributed by atoms with E-state index in [0.29, 0.717) is 18.4 Å². The van der Waals surface area contributed by atoms with Crippen LogP contribution in [-0.2, 0) is 12.8 Å². The maximum absolute atomic E-state index is 10.6. The minimum atomic E-state index is 0.0926. The number of aromatic hydroxyl groups is 4. The fourth-order valence-corrected chi connectivity index (χ4v) is 3.72. The predicted octanol–water partition coefficient (Wildman–Crippen LogP) is 5.23. The Kier molecular flexibility index (Phi) is 5.47. The molecular weight excluding hydrogens is 364 g/mol. The summed E-state index contributed by atoms with van der Waals surface area (Å²) in [6.07, 6.45) is 1.00. The Bertz CT molecular complexity index is 1010. The van der Waals surface area contributed by atoms with Gasteiger partial charge in [0.15, 0.2) is 0 Å². The second kappa shape index (κ2) is 7.70. The number of benzene rings is 3. The molecule has 3 aromatic rings. The van der Waals surface area contributed by atoms with Crippen molar-refractivity contribution in [1.29, 1.82) is 0 Å². The van der Waals surface area contributed by atoms with E-state index in [9.17, 15) is 20.4 Å². The zero-order valence-electron chi connectivity index (χ0n) is 17.6. The van der Waals surface area contributed by atoms with Gasteiger partial charge in [-0.2, -0.15) is 0 Å². The SMILES string of the molecule is Cc1cc(Cc2cc(Cc3cc(C)c(O)cc3C)c(O)c(C)c2O)c(C)cc1O. The highest BCUT2D eigenvalue weighted by molar-refractivity contribution is 5.56. The Balaban J connectivity index is 2.04. The summed E-state index contributed by atoms with van der Waals surface area (Å²) in [5.41, 5.74) is 7.43. The topological polar surface area (TPSA) is 80.9 Å². The van der Waals surface area contributed by atoms with Gasteiger partial charge in [-0.05, 0) is 97.3 Å². The fraction of sp³-hybridized carbons (Fsp3) is 0.280. The molecule has 0 bridgehead atoms. The molecular formula is C25H28O4. The van der Waals surface area contributed by atoms with Gasteiger partial charge in [0.2, 0.25) is 0 Å². The van der Waals surface area contributed by atoms with Crippen molar-refractivity contribution < 1.29 is 20.4 Å². The summed E-state index contributed by atoms with van der Waals surface area (Å²) in [6, 6.07) is 9.18. The molecule has 0 amide bonds. The zero-order chi connectivity index (χ0) is 21.5. The molecule has 3 rings (SSSR count). The van der Waals surface area contributed by atoms with E-state index in [1.54, 1.807) is 19.1 Å². The van der Waals surface area contributed by atoms with Crippen LogP contribution in [0, 0.1) is 34.6 Å². The van der Waals surface area contributed by atoms with Crippen LogP contribution in [0.25, 0.3) is 0 Å². The molecule has 0 aliphatic carbocycles. The molecule has 4 N–H and O–H groups in total. The Morgan fingerprint density at radius 3 is 1.24 bits per heavy atom. The Morgan fingerprint density at radius 2 is 0.862 bits per heavy atom. The molecule has 0 aliphatic heterocycles. The smallest absolute Gasteiger partial charge is 0.125 e. The van der Waals surface area contributed by atoms with Gasteiger partial charge in [-0.1, -0.05) is 12.1 Å². The lowest BCUT2D eigenvalue weighted by Crippen LogP contribution is -2.00. The van der Waals surface area contributed by atoms with Crippen LogP contribution in [0.3, 0.4) is 0 Å². The van der Waals surface area contributed by atoms with Crippen LogP contribution >= 0.6 is 0 Å². The molecule has 0 spiro atoms. The lowest BCUT2D eigenvalue weighted by atomic mass is 9.91. The Morgan fingerprint density at radius 1 is 0.483 bits per heavy atom. The van der Waals surface area contributed by atoms with Gasteiger partial charge in [0, 0.05) is 18.4 Å². The molecule has 0 heterocycles. The molecule has 4 heteroatoms. The van der Waals surface area contributed by atoms with E-state index in [0.717, 1.165) is 44.5 Å². The second-order valence-corrected chi connectivity index (χ2v) is 8.00. The van der Waals surface area contributed by atoms with Crippen molar-refractivity contribution in [2.45, 2.75) is 47.5 Å². The Hall–Kier alpha value is -3.14. The van der Waals surface area contributed by atoms with Gasteiger partial charge in [-0.3, -0.25) is 0 Å². The van der Waals surface area contributed by atoms with E-state index in [2.05, 4.69) is 0 Å². The third-order valence-corrected chi connectivity index (χ3v) is 5.74. The predicted molar refractivity (Wildman–Crippen MR) is 115 cm³/mol. The van der Waals surface area contributed by atoms with Gasteiger partial charge >= 0.3 is 0 Å². The first-order valence-corrected chi connectivity index (χ1v) is 9.70. The molecule has 4 nitrogen and oxygen atoms in total. The molecule has 0 atom stereocenters. The van der Waals surface area contributed by atoms with Crippen LogP contribution < -0.4 is 0 Å². The third kappa shape index (κ3) is 4.02. The van der Waals surface area contributed by atoms with Crippen LogP contribution in [0.4, 0.5) is 0 Å². The second-order valence-electron chi connectivity index (χ2n) is 8.00. The van der Waals surface area contributed by atoms with Crippen LogP contribution in [0.1, 0.15) is 50.1 Å². The fourth-order valence-electron chi connectivity index (χ4n) is 3.72. The minimum absolute atomic E-state index is 0.0926. The molecule has 0 fully saturated rings. The number of rotatable bonds is 4. The first-order valence-electron chi connectivity index (χ1n) is 9.70. The van der Waals surface area contributed by atoms with Crippen molar-refractivity contribution >= 4 is 0 Å². The van der Waals surface area contributed by atoms with Gasteiger partial charge in [-0.15, -0.1) is 0 Å². The summed E-state index contributed by atoms with van der Waals surface area (Å²) in [5, 5.41) is 41.1. The van der Waals surface area contributed by atoms with E-state index < -0.39 is 0 Å². The lowest BCUT2D eigenvalue weighted by molar-refractivity contribution is 0.436. The van der Waals surface area contributed by atoms with Gasteiger partial charge in [0.1, 0.15) is 23.0 Å². The largest absolute Gasteiger partial charge is 0.508 e. The summed E-state index contributed by atoms with van der Waals surface area (Å²) in [4.78, 5) is 0. The lowest BCUT2D eigenvalue weighted by Gasteiger charge is -2.17. The van der Waals surface area contributed by atoms with E-state index in [-0.39, 0.29) is 23.0 Å². The zero-order valence-corrected chi connectivity index (χ0v) is 17.6. The van der Waals surface area contributed by atoms with Gasteiger partial charge in [0.25, 0.3) is 0 Å². The summed E-state index contributed by atoms with van der Waals surface area (Å²) in [5.74, 6) is 0.706. The number of hydrogen-bond acceptors (Lipinski definition) is 4. The summed E-state index contributed by atoms with van der Waals surface area (Å²) < 4.78 is 0. The van der Waals surface area contributed by atoms with Crippen molar-refractivity contribution in [1.82, 2.24) is 0 Å². The van der Waals surface area contributed by atoms with Crippen LogP contribution in [0.5, 0.6) is 23.0 Å². The molecule has 0 unspecified atom stereocenters. The number of hydrogen-bond donors (Lipinski definition) is 4. The van der Waals surface area contributed by atoms with Crippen molar-refractivity contribution in [3.63, 3.8) is 0 Å². The number of aryl methyl sites for hydroxylation is 4. The molecule has 3 aromatic carbocycles. The maximum atomic E-state index is 10.6. The molecule has 0 saturated carbocycles. The van der Waals surface area contributed by atoms with E-state index in [1.165, 1.54) is 0 Å². The standard InChI is InChI=1S/C25H28O4/c1-13-8-22(26)15(3)6-18(13)10-20-12-21(25(29)17(5)24(20)28)11-19-7-16(4)23(27)9-14(19)2/h6-9,12,26-29H,10-11H2,1-5H3. The van der Waals surface area contributed by atoms with E-state index in [4.69, 9.17) is 0 Å². The maximum Gasteiger partial charge on any atom is 0.125 e. The molecule has 0 radical (unpaired) electrons. The van der Waals surface area contributed by atoms with E-state index in [1.807, 2.05) is 45.9 Å². The summed E-state index contributed by atoms with van der Waals surface area (Å²) >= 11 is 0. The molecule has 152 valence electrons. The van der Waals surface area contributed by atoms with Crippen molar-refractivity contribution in [3.05, 3.63) is 80.4 Å². The summed E-state index contributed by atoms with van der Waals surface area (Å²) in [7, 11) is 0. The van der Waals surface area contributed by atoms with Crippen LogP contribution in [0.2, 0.25) is 0 Å². The Labute approximate surface area is 171 Å². The highest BCUT2D eigenvalue weighted by Gasteiger charge is 2.17. The molecule has 0 saturated heterocycles.